The number of halogens is 7. The second-order valence-corrected chi connectivity index (χ2v) is 5.56. The maximum atomic E-state index is 13.1. The number of alkyl halides is 7. The zero-order chi connectivity index (χ0) is 18.8. The van der Waals surface area contributed by atoms with Gasteiger partial charge in [-0.25, -0.2) is 8.78 Å². The number of nitrogens with zero attached hydrogens (tertiary/aromatic N) is 1. The normalized spacial score (nSPS) is 18.9. The Morgan fingerprint density at radius 2 is 1.84 bits per heavy atom. The van der Waals surface area contributed by atoms with E-state index in [0.29, 0.717) is 16.0 Å². The molecule has 1 heterocycles. The molecule has 0 bridgehead atoms. The lowest BCUT2D eigenvalue weighted by molar-refractivity contribution is -0.192. The van der Waals surface area contributed by atoms with Crippen LogP contribution in [-0.4, -0.2) is 49.0 Å². The highest BCUT2D eigenvalue weighted by Gasteiger charge is 2.45. The van der Waals surface area contributed by atoms with Crippen molar-refractivity contribution in [3.8, 4) is 0 Å². The molecule has 25 heavy (non-hydrogen) atoms. The number of amides is 1. The van der Waals surface area contributed by atoms with Crippen LogP contribution in [-0.2, 0) is 16.0 Å². The van der Waals surface area contributed by atoms with Crippen LogP contribution >= 0.6 is 0 Å². The Hall–Kier alpha value is -1.84. The summed E-state index contributed by atoms with van der Waals surface area (Å²) in [5.41, 5.74) is 0.801. The summed E-state index contributed by atoms with van der Waals surface area (Å²) < 4.78 is 93.5. The van der Waals surface area contributed by atoms with E-state index in [1.54, 1.807) is 12.1 Å². The smallest absolute Gasteiger partial charge is 0.365 e. The molecule has 2 rings (SSSR count). The summed E-state index contributed by atoms with van der Waals surface area (Å²) in [4.78, 5) is 11.9. The van der Waals surface area contributed by atoms with Crippen molar-refractivity contribution in [3.05, 3.63) is 35.4 Å². The van der Waals surface area contributed by atoms with Gasteiger partial charge in [-0.2, -0.15) is 22.0 Å². The highest BCUT2D eigenvalue weighted by molar-refractivity contribution is 5.82. The van der Waals surface area contributed by atoms with Crippen LogP contribution in [0.4, 0.5) is 30.7 Å². The number of rotatable bonds is 4. The quantitative estimate of drug-likeness (QED) is 0.755. The molecule has 0 N–H and O–H groups in total. The minimum atomic E-state index is -5.13. The molecule has 1 unspecified atom stereocenters. The second kappa shape index (κ2) is 7.19. The van der Waals surface area contributed by atoms with Crippen LogP contribution in [0.15, 0.2) is 24.3 Å². The van der Waals surface area contributed by atoms with Crippen LogP contribution in [0, 0.1) is 0 Å². The van der Waals surface area contributed by atoms with E-state index < -0.39 is 43.7 Å². The van der Waals surface area contributed by atoms with Crippen molar-refractivity contribution in [1.82, 2.24) is 4.90 Å². The third-order valence-electron chi connectivity index (χ3n) is 3.77. The van der Waals surface area contributed by atoms with Crippen LogP contribution < -0.4 is 0 Å². The number of benzene rings is 1. The van der Waals surface area contributed by atoms with Gasteiger partial charge in [-0.05, 0) is 17.5 Å². The van der Waals surface area contributed by atoms with Gasteiger partial charge in [0.2, 0.25) is 0 Å². The maximum absolute atomic E-state index is 13.1. The van der Waals surface area contributed by atoms with E-state index in [1.165, 1.54) is 12.1 Å². The van der Waals surface area contributed by atoms with Crippen LogP contribution in [0.25, 0.3) is 0 Å². The average Bonchev–Trinajstić information content (AvgIpc) is 2.71. The highest BCUT2D eigenvalue weighted by Crippen LogP contribution is 2.32. The molecule has 1 aliphatic rings. The fourth-order valence-electron chi connectivity index (χ4n) is 2.50. The van der Waals surface area contributed by atoms with E-state index >= 15 is 0 Å². The van der Waals surface area contributed by atoms with E-state index in [4.69, 9.17) is 4.74 Å². The van der Waals surface area contributed by atoms with E-state index in [2.05, 4.69) is 0 Å². The first kappa shape index (κ1) is 19.5. The zero-order valence-corrected chi connectivity index (χ0v) is 12.7. The molecule has 0 fully saturated rings. The summed E-state index contributed by atoms with van der Waals surface area (Å²) >= 11 is 0. The standard InChI is InChI=1S/C15H14F7NO2/c16-12(17)14(18,19)8-25-11-7-23(13(24)15(20,21)22)6-5-9-3-1-2-4-10(9)11/h1-4,11-12H,5-8H2. The van der Waals surface area contributed by atoms with Crippen molar-refractivity contribution in [2.45, 2.75) is 31.0 Å². The molecule has 0 saturated heterocycles. The molecule has 1 aromatic carbocycles. The molecule has 0 aromatic heterocycles. The Kier molecular flexibility index (Phi) is 5.60. The molecule has 140 valence electrons. The molecule has 10 heteroatoms. The van der Waals surface area contributed by atoms with Crippen LogP contribution in [0.1, 0.15) is 17.2 Å². The van der Waals surface area contributed by atoms with E-state index in [1.807, 2.05) is 0 Å². The molecular weight excluding hydrogens is 359 g/mol. The average molecular weight is 373 g/mol. The Labute approximate surface area is 138 Å². The number of carbonyl (C=O) groups is 1. The predicted molar refractivity (Wildman–Crippen MR) is 72.4 cm³/mol. The molecule has 3 nitrogen and oxygen atoms in total. The minimum absolute atomic E-state index is 0.0586. The molecular formula is C15H14F7NO2. The molecule has 1 aliphatic heterocycles. The Balaban J connectivity index is 2.24. The van der Waals surface area contributed by atoms with E-state index in [-0.39, 0.29) is 13.0 Å². The van der Waals surface area contributed by atoms with Gasteiger partial charge in [0, 0.05) is 6.54 Å². The molecule has 1 amide bonds. The highest BCUT2D eigenvalue weighted by atomic mass is 19.4. The van der Waals surface area contributed by atoms with Crippen molar-refractivity contribution in [1.29, 1.82) is 0 Å². The topological polar surface area (TPSA) is 29.5 Å². The summed E-state index contributed by atoms with van der Waals surface area (Å²) in [6.07, 6.45) is -10.4. The zero-order valence-electron chi connectivity index (χ0n) is 12.7. The summed E-state index contributed by atoms with van der Waals surface area (Å²) in [5, 5.41) is 0. The summed E-state index contributed by atoms with van der Waals surface area (Å²) in [7, 11) is 0. The van der Waals surface area contributed by atoms with Gasteiger partial charge in [0.15, 0.2) is 0 Å². The minimum Gasteiger partial charge on any atom is -0.365 e. The number of carbonyl (C=O) groups excluding carboxylic acids is 1. The molecule has 0 saturated carbocycles. The SMILES string of the molecule is O=C(N1CCc2ccccc2C(OCC(F)(F)C(F)F)C1)C(F)(F)F. The van der Waals surface area contributed by atoms with Crippen molar-refractivity contribution in [2.75, 3.05) is 19.7 Å². The van der Waals surface area contributed by atoms with Crippen LogP contribution in [0.3, 0.4) is 0 Å². The fraction of sp³-hybridized carbons (Fsp3) is 0.533. The Morgan fingerprint density at radius 3 is 2.44 bits per heavy atom. The van der Waals surface area contributed by atoms with Crippen molar-refractivity contribution in [3.63, 3.8) is 0 Å². The Morgan fingerprint density at radius 1 is 1.20 bits per heavy atom. The number of ether oxygens (including phenoxy) is 1. The molecule has 0 radical (unpaired) electrons. The molecule has 0 aliphatic carbocycles. The van der Waals surface area contributed by atoms with E-state index in [0.717, 1.165) is 0 Å². The summed E-state index contributed by atoms with van der Waals surface area (Å²) in [6, 6.07) is 6.10. The molecule has 1 aromatic rings. The van der Waals surface area contributed by atoms with Gasteiger partial charge in [0.1, 0.15) is 12.7 Å². The number of hydrogen-bond donors (Lipinski definition) is 0. The third-order valence-corrected chi connectivity index (χ3v) is 3.77. The number of hydrogen-bond acceptors (Lipinski definition) is 2. The maximum Gasteiger partial charge on any atom is 0.471 e. The second-order valence-electron chi connectivity index (χ2n) is 5.56. The van der Waals surface area contributed by atoms with Gasteiger partial charge in [-0.1, -0.05) is 24.3 Å². The lowest BCUT2D eigenvalue weighted by atomic mass is 10.0. The monoisotopic (exact) mass is 373 g/mol. The fourth-order valence-corrected chi connectivity index (χ4v) is 2.50. The lowest BCUT2D eigenvalue weighted by Crippen LogP contribution is -2.44. The first-order valence-electron chi connectivity index (χ1n) is 7.24. The van der Waals surface area contributed by atoms with Crippen molar-refractivity contribution in [2.24, 2.45) is 0 Å². The molecule has 0 spiro atoms. The molecule has 1 atom stereocenters. The van der Waals surface area contributed by atoms with Gasteiger partial charge in [0.05, 0.1) is 6.54 Å². The third kappa shape index (κ3) is 4.62. The predicted octanol–water partition coefficient (Wildman–Crippen LogP) is 3.59. The van der Waals surface area contributed by atoms with Crippen LogP contribution in [0.5, 0.6) is 0 Å². The van der Waals surface area contributed by atoms with Crippen molar-refractivity contribution < 1.29 is 40.3 Å². The van der Waals surface area contributed by atoms with Gasteiger partial charge in [-0.15, -0.1) is 0 Å². The summed E-state index contributed by atoms with van der Waals surface area (Å²) in [6.45, 7) is -2.62. The van der Waals surface area contributed by atoms with Gasteiger partial charge in [0.25, 0.3) is 0 Å². The lowest BCUT2D eigenvalue weighted by Gasteiger charge is -2.27. The van der Waals surface area contributed by atoms with Gasteiger partial charge >= 0.3 is 24.4 Å². The van der Waals surface area contributed by atoms with Gasteiger partial charge < -0.3 is 9.64 Å². The Bertz CT molecular complexity index is 618. The first-order valence-corrected chi connectivity index (χ1v) is 7.24. The van der Waals surface area contributed by atoms with E-state index in [9.17, 15) is 35.5 Å². The van der Waals surface area contributed by atoms with Gasteiger partial charge in [-0.3, -0.25) is 4.79 Å². The largest absolute Gasteiger partial charge is 0.471 e. The first-order chi connectivity index (χ1) is 11.5. The summed E-state index contributed by atoms with van der Waals surface area (Å²) in [5.74, 6) is -6.57. The van der Waals surface area contributed by atoms with Crippen molar-refractivity contribution >= 4 is 5.91 Å². The number of fused-ring (bicyclic) bond motifs is 1. The van der Waals surface area contributed by atoms with Crippen LogP contribution in [0.2, 0.25) is 0 Å².